The van der Waals surface area contributed by atoms with E-state index in [-0.39, 0.29) is 10.8 Å². The Bertz CT molecular complexity index is 636. The second-order valence-corrected chi connectivity index (χ2v) is 5.74. The average molecular weight is 302 g/mol. The van der Waals surface area contributed by atoms with Gasteiger partial charge in [0.05, 0.1) is 0 Å². The molecule has 0 heterocycles. The first-order valence-corrected chi connectivity index (χ1v) is 7.30. The highest BCUT2D eigenvalue weighted by Crippen LogP contribution is 2.19. The smallest absolute Gasteiger partial charge is 0.124 e. The molecule has 4 heteroatoms. The van der Waals surface area contributed by atoms with Gasteiger partial charge in [0, 0.05) is 17.8 Å². The van der Waals surface area contributed by atoms with Gasteiger partial charge in [-0.1, -0.05) is 50.3 Å². The monoisotopic (exact) mass is 302 g/mol. The molecule has 0 aliphatic heterocycles. The number of halogens is 1. The predicted octanol–water partition coefficient (Wildman–Crippen LogP) is 4.20. The minimum Gasteiger partial charge on any atom is -0.389 e. The first kappa shape index (κ1) is 15.4. The van der Waals surface area contributed by atoms with Gasteiger partial charge < -0.3 is 11.1 Å². The lowest BCUT2D eigenvalue weighted by Gasteiger charge is -2.12. The summed E-state index contributed by atoms with van der Waals surface area (Å²) in [6, 6.07) is 12.8. The summed E-state index contributed by atoms with van der Waals surface area (Å²) >= 11 is 4.96. The zero-order chi connectivity index (χ0) is 15.4. The largest absolute Gasteiger partial charge is 0.389 e. The summed E-state index contributed by atoms with van der Waals surface area (Å²) < 4.78 is 13.2. The summed E-state index contributed by atoms with van der Waals surface area (Å²) in [6.45, 7) is 4.97. The van der Waals surface area contributed by atoms with Crippen LogP contribution in [0.5, 0.6) is 0 Å². The maximum absolute atomic E-state index is 13.2. The molecule has 0 aliphatic rings. The number of hydrogen-bond acceptors (Lipinski definition) is 2. The molecule has 0 spiro atoms. The van der Waals surface area contributed by atoms with Crippen LogP contribution in [-0.2, 0) is 6.54 Å². The van der Waals surface area contributed by atoms with Gasteiger partial charge >= 0.3 is 0 Å². The summed E-state index contributed by atoms with van der Waals surface area (Å²) in [4.78, 5) is 0.187. The zero-order valence-electron chi connectivity index (χ0n) is 12.2. The van der Waals surface area contributed by atoms with Crippen molar-refractivity contribution in [3.05, 3.63) is 65.0 Å². The molecular weight excluding hydrogens is 283 g/mol. The highest BCUT2D eigenvalue weighted by atomic mass is 32.1. The summed E-state index contributed by atoms with van der Waals surface area (Å²) in [5.74, 6) is 0.176. The second kappa shape index (κ2) is 6.68. The van der Waals surface area contributed by atoms with E-state index in [0.717, 1.165) is 11.3 Å². The van der Waals surface area contributed by atoms with Gasteiger partial charge in [-0.25, -0.2) is 4.39 Å². The van der Waals surface area contributed by atoms with E-state index in [1.54, 1.807) is 6.07 Å². The van der Waals surface area contributed by atoms with Crippen molar-refractivity contribution in [2.45, 2.75) is 26.3 Å². The Kier molecular flexibility index (Phi) is 4.91. The highest BCUT2D eigenvalue weighted by molar-refractivity contribution is 7.80. The van der Waals surface area contributed by atoms with E-state index in [1.165, 1.54) is 17.7 Å². The van der Waals surface area contributed by atoms with E-state index in [1.807, 2.05) is 0 Å². The maximum atomic E-state index is 13.2. The second-order valence-electron chi connectivity index (χ2n) is 5.30. The molecule has 2 nitrogen and oxygen atoms in total. The lowest BCUT2D eigenvalue weighted by atomic mass is 10.0. The van der Waals surface area contributed by atoms with Gasteiger partial charge in [0.15, 0.2) is 0 Å². The molecule has 0 unspecified atom stereocenters. The molecular formula is C17H19FN2S. The molecule has 0 amide bonds. The first-order chi connectivity index (χ1) is 9.97. The highest BCUT2D eigenvalue weighted by Gasteiger charge is 2.07. The number of rotatable bonds is 5. The van der Waals surface area contributed by atoms with E-state index >= 15 is 0 Å². The summed E-state index contributed by atoms with van der Waals surface area (Å²) in [5, 5.41) is 3.25. The van der Waals surface area contributed by atoms with Crippen LogP contribution in [-0.4, -0.2) is 4.99 Å². The van der Waals surface area contributed by atoms with Gasteiger partial charge in [-0.05, 0) is 35.2 Å². The minimum absolute atomic E-state index is 0.187. The average Bonchev–Trinajstić information content (AvgIpc) is 2.46. The van der Waals surface area contributed by atoms with Gasteiger partial charge in [0.2, 0.25) is 0 Å². The molecule has 0 aromatic heterocycles. The molecule has 0 bridgehead atoms. The number of nitrogens with one attached hydrogen (secondary N) is 1. The van der Waals surface area contributed by atoms with Crippen molar-refractivity contribution in [3.63, 3.8) is 0 Å². The molecule has 2 aromatic rings. The van der Waals surface area contributed by atoms with Gasteiger partial charge in [-0.2, -0.15) is 0 Å². The lowest BCUT2D eigenvalue weighted by molar-refractivity contribution is 0.627. The van der Waals surface area contributed by atoms with E-state index < -0.39 is 0 Å². The molecule has 0 saturated carbocycles. The van der Waals surface area contributed by atoms with Gasteiger partial charge in [0.1, 0.15) is 10.8 Å². The summed E-state index contributed by atoms with van der Waals surface area (Å²) in [7, 11) is 0. The van der Waals surface area contributed by atoms with E-state index in [2.05, 4.69) is 43.4 Å². The Hall–Kier alpha value is -1.94. The standard InChI is InChI=1S/C17H19FN2S/c1-11(2)13-5-3-12(4-6-13)10-20-16-8-7-14(18)9-15(16)17(19)21/h3-9,11,20H,10H2,1-2H3,(H2,19,21). The SMILES string of the molecule is CC(C)c1ccc(CNc2ccc(F)cc2C(N)=S)cc1. The van der Waals surface area contributed by atoms with Crippen LogP contribution in [0.3, 0.4) is 0 Å². The number of thiocarbonyl (C=S) groups is 1. The van der Waals surface area contributed by atoms with Crippen molar-refractivity contribution in [2.24, 2.45) is 5.73 Å². The van der Waals surface area contributed by atoms with Gasteiger partial charge in [-0.3, -0.25) is 0 Å². The molecule has 110 valence electrons. The number of anilines is 1. The molecule has 0 fully saturated rings. The lowest BCUT2D eigenvalue weighted by Crippen LogP contribution is -2.13. The maximum Gasteiger partial charge on any atom is 0.124 e. The Labute approximate surface area is 130 Å². The fourth-order valence-corrected chi connectivity index (χ4v) is 2.26. The quantitative estimate of drug-likeness (QED) is 0.813. The fourth-order valence-electron chi connectivity index (χ4n) is 2.09. The van der Waals surface area contributed by atoms with Crippen molar-refractivity contribution in [1.29, 1.82) is 0 Å². The Morgan fingerprint density at radius 3 is 2.43 bits per heavy atom. The van der Waals surface area contributed by atoms with Crippen molar-refractivity contribution in [2.75, 3.05) is 5.32 Å². The number of benzene rings is 2. The van der Waals surface area contributed by atoms with Crippen LogP contribution in [0.1, 0.15) is 36.5 Å². The molecule has 0 aliphatic carbocycles. The summed E-state index contributed by atoms with van der Waals surface area (Å²) in [5.41, 5.74) is 9.37. The molecule has 2 aromatic carbocycles. The van der Waals surface area contributed by atoms with Crippen LogP contribution in [0, 0.1) is 5.82 Å². The molecule has 21 heavy (non-hydrogen) atoms. The third kappa shape index (κ3) is 4.02. The first-order valence-electron chi connectivity index (χ1n) is 6.89. The summed E-state index contributed by atoms with van der Waals surface area (Å²) in [6.07, 6.45) is 0. The normalized spacial score (nSPS) is 10.7. The van der Waals surface area contributed by atoms with Crippen LogP contribution >= 0.6 is 12.2 Å². The predicted molar refractivity (Wildman–Crippen MR) is 90.1 cm³/mol. The van der Waals surface area contributed by atoms with Crippen molar-refractivity contribution in [1.82, 2.24) is 0 Å². The molecule has 0 saturated heterocycles. The number of hydrogen-bond donors (Lipinski definition) is 2. The van der Waals surface area contributed by atoms with Crippen LogP contribution in [0.25, 0.3) is 0 Å². The minimum atomic E-state index is -0.343. The van der Waals surface area contributed by atoms with E-state index in [4.69, 9.17) is 18.0 Å². The van der Waals surface area contributed by atoms with Crippen molar-refractivity contribution < 1.29 is 4.39 Å². The molecule has 3 N–H and O–H groups in total. The molecule has 0 atom stereocenters. The van der Waals surface area contributed by atoms with Crippen molar-refractivity contribution >= 4 is 22.9 Å². The topological polar surface area (TPSA) is 38.0 Å². The Balaban J connectivity index is 2.11. The van der Waals surface area contributed by atoms with Gasteiger partial charge in [0.25, 0.3) is 0 Å². The van der Waals surface area contributed by atoms with Crippen molar-refractivity contribution in [3.8, 4) is 0 Å². The molecule has 2 rings (SSSR count). The fraction of sp³-hybridized carbons (Fsp3) is 0.235. The third-order valence-electron chi connectivity index (χ3n) is 3.38. The Morgan fingerprint density at radius 2 is 1.86 bits per heavy atom. The molecule has 0 radical (unpaired) electrons. The Morgan fingerprint density at radius 1 is 1.19 bits per heavy atom. The van der Waals surface area contributed by atoms with Crippen LogP contribution in [0.4, 0.5) is 10.1 Å². The van der Waals surface area contributed by atoms with Gasteiger partial charge in [-0.15, -0.1) is 0 Å². The van der Waals surface area contributed by atoms with E-state index in [0.29, 0.717) is 18.0 Å². The van der Waals surface area contributed by atoms with Crippen LogP contribution in [0.2, 0.25) is 0 Å². The van der Waals surface area contributed by atoms with E-state index in [9.17, 15) is 4.39 Å². The van der Waals surface area contributed by atoms with Crippen LogP contribution < -0.4 is 11.1 Å². The van der Waals surface area contributed by atoms with Crippen LogP contribution in [0.15, 0.2) is 42.5 Å². The third-order valence-corrected chi connectivity index (χ3v) is 3.60. The number of nitrogens with two attached hydrogens (primary N) is 1. The zero-order valence-corrected chi connectivity index (χ0v) is 13.0.